The van der Waals surface area contributed by atoms with E-state index in [4.69, 9.17) is 11.6 Å². The van der Waals surface area contributed by atoms with Crippen molar-refractivity contribution in [2.45, 2.75) is 17.9 Å². The molecule has 6 nitrogen and oxygen atoms in total. The van der Waals surface area contributed by atoms with Crippen LogP contribution in [-0.2, 0) is 16.6 Å². The first kappa shape index (κ1) is 22.5. The lowest BCUT2D eigenvalue weighted by Gasteiger charge is -2.22. The highest BCUT2D eigenvalue weighted by Gasteiger charge is 2.22. The predicted octanol–water partition coefficient (Wildman–Crippen LogP) is 3.15. The van der Waals surface area contributed by atoms with Crippen molar-refractivity contribution in [3.63, 3.8) is 0 Å². The molecule has 0 unspecified atom stereocenters. The van der Waals surface area contributed by atoms with Crippen molar-refractivity contribution >= 4 is 27.5 Å². The van der Waals surface area contributed by atoms with Gasteiger partial charge in [-0.05, 0) is 42.3 Å². The fraction of sp³-hybridized carbons (Fsp3) is 0.318. The average Bonchev–Trinajstić information content (AvgIpc) is 2.99. The van der Waals surface area contributed by atoms with Gasteiger partial charge in [0.05, 0.1) is 4.90 Å². The number of benzene rings is 2. The van der Waals surface area contributed by atoms with E-state index in [0.717, 1.165) is 31.1 Å². The molecule has 1 fully saturated rings. The van der Waals surface area contributed by atoms with E-state index >= 15 is 0 Å². The first-order valence-electron chi connectivity index (χ1n) is 9.86. The van der Waals surface area contributed by atoms with Gasteiger partial charge in [-0.15, -0.1) is 6.58 Å². The van der Waals surface area contributed by atoms with E-state index in [0.29, 0.717) is 18.7 Å². The Bertz CT molecular complexity index is 993. The summed E-state index contributed by atoms with van der Waals surface area (Å²) in [6.07, 6.45) is 2.33. The number of halogens is 1. The van der Waals surface area contributed by atoms with Crippen LogP contribution in [0.3, 0.4) is 0 Å². The molecular formula is C22H26ClN3O3S. The second-order valence-corrected chi connectivity index (χ2v) is 9.42. The predicted molar refractivity (Wildman–Crippen MR) is 119 cm³/mol. The lowest BCUT2D eigenvalue weighted by molar-refractivity contribution is 0.0761. The molecule has 0 spiro atoms. The largest absolute Gasteiger partial charge is 0.337 e. The van der Waals surface area contributed by atoms with Crippen molar-refractivity contribution in [1.82, 2.24) is 14.5 Å². The van der Waals surface area contributed by atoms with E-state index in [9.17, 15) is 13.2 Å². The first-order valence-corrected chi connectivity index (χ1v) is 11.7. The lowest BCUT2D eigenvalue weighted by Crippen LogP contribution is -2.35. The van der Waals surface area contributed by atoms with Crippen molar-refractivity contribution in [3.05, 3.63) is 77.3 Å². The highest BCUT2D eigenvalue weighted by molar-refractivity contribution is 7.89. The Kier molecular flexibility index (Phi) is 7.66. The van der Waals surface area contributed by atoms with Crippen LogP contribution in [-0.4, -0.2) is 56.8 Å². The maximum Gasteiger partial charge on any atom is 0.253 e. The standard InChI is InChI=1S/C22H26ClN3O3S/c1-2-11-24-30(28,29)21-6-3-5-19(16-21)22(27)26-13-4-12-25(14-15-26)17-18-7-9-20(23)10-8-18/h2-3,5-10,16,24H,1,4,11-15,17H2. The zero-order chi connectivity index (χ0) is 21.6. The lowest BCUT2D eigenvalue weighted by atomic mass is 10.2. The number of carbonyl (C=O) groups excluding carboxylic acids is 1. The SMILES string of the molecule is C=CCNS(=O)(=O)c1cccc(C(=O)N2CCCN(Cc3ccc(Cl)cc3)CC2)c1. The Labute approximate surface area is 183 Å². The molecule has 0 aromatic heterocycles. The number of hydrogen-bond acceptors (Lipinski definition) is 4. The summed E-state index contributed by atoms with van der Waals surface area (Å²) in [4.78, 5) is 17.2. The second-order valence-electron chi connectivity index (χ2n) is 7.22. The number of nitrogens with one attached hydrogen (secondary N) is 1. The molecule has 1 saturated heterocycles. The highest BCUT2D eigenvalue weighted by atomic mass is 35.5. The van der Waals surface area contributed by atoms with Gasteiger partial charge in [-0.25, -0.2) is 13.1 Å². The summed E-state index contributed by atoms with van der Waals surface area (Å²) in [6.45, 7) is 7.34. The van der Waals surface area contributed by atoms with Crippen LogP contribution >= 0.6 is 11.6 Å². The van der Waals surface area contributed by atoms with Crippen molar-refractivity contribution in [2.24, 2.45) is 0 Å². The Morgan fingerprint density at radius 2 is 1.87 bits per heavy atom. The molecule has 1 amide bonds. The number of rotatable bonds is 7. The van der Waals surface area contributed by atoms with Crippen molar-refractivity contribution in [1.29, 1.82) is 0 Å². The molecule has 8 heteroatoms. The van der Waals surface area contributed by atoms with E-state index in [1.54, 1.807) is 17.0 Å². The third-order valence-electron chi connectivity index (χ3n) is 5.00. The van der Waals surface area contributed by atoms with Crippen LogP contribution in [0.5, 0.6) is 0 Å². The van der Waals surface area contributed by atoms with Gasteiger partial charge in [-0.2, -0.15) is 0 Å². The highest BCUT2D eigenvalue weighted by Crippen LogP contribution is 2.16. The topological polar surface area (TPSA) is 69.7 Å². The van der Waals surface area contributed by atoms with Gasteiger partial charge < -0.3 is 4.90 Å². The molecule has 1 heterocycles. The quantitative estimate of drug-likeness (QED) is 0.662. The number of hydrogen-bond donors (Lipinski definition) is 1. The van der Waals surface area contributed by atoms with E-state index in [-0.39, 0.29) is 17.3 Å². The Morgan fingerprint density at radius 1 is 1.10 bits per heavy atom. The number of amides is 1. The van der Waals surface area contributed by atoms with E-state index in [1.165, 1.54) is 23.8 Å². The molecule has 1 aliphatic rings. The molecule has 1 aliphatic heterocycles. The Morgan fingerprint density at radius 3 is 2.60 bits per heavy atom. The molecule has 160 valence electrons. The van der Waals surface area contributed by atoms with Gasteiger partial charge in [-0.3, -0.25) is 9.69 Å². The number of carbonyl (C=O) groups is 1. The van der Waals surface area contributed by atoms with Crippen molar-refractivity contribution in [3.8, 4) is 0 Å². The Hall–Kier alpha value is -2.19. The molecule has 0 aliphatic carbocycles. The fourth-order valence-corrected chi connectivity index (χ4v) is 4.58. The van der Waals surface area contributed by atoms with Crippen molar-refractivity contribution in [2.75, 3.05) is 32.7 Å². The molecule has 0 atom stereocenters. The molecule has 2 aromatic rings. The van der Waals surface area contributed by atoms with Gasteiger partial charge in [0.2, 0.25) is 10.0 Å². The third kappa shape index (κ3) is 5.92. The van der Waals surface area contributed by atoms with Crippen LogP contribution < -0.4 is 4.72 Å². The molecule has 0 saturated carbocycles. The average molecular weight is 448 g/mol. The zero-order valence-electron chi connectivity index (χ0n) is 16.8. The summed E-state index contributed by atoms with van der Waals surface area (Å²) < 4.78 is 27.1. The molecule has 30 heavy (non-hydrogen) atoms. The minimum atomic E-state index is -3.67. The maximum atomic E-state index is 13.0. The minimum Gasteiger partial charge on any atom is -0.337 e. The van der Waals surface area contributed by atoms with E-state index in [2.05, 4.69) is 16.2 Å². The molecular weight excluding hydrogens is 422 g/mol. The van der Waals surface area contributed by atoms with Gasteiger partial charge in [0.15, 0.2) is 0 Å². The van der Waals surface area contributed by atoms with Gasteiger partial charge in [0.1, 0.15) is 0 Å². The monoisotopic (exact) mass is 447 g/mol. The Balaban J connectivity index is 1.65. The van der Waals surface area contributed by atoms with Gasteiger partial charge >= 0.3 is 0 Å². The van der Waals surface area contributed by atoms with Crippen LogP contribution in [0.25, 0.3) is 0 Å². The summed E-state index contributed by atoms with van der Waals surface area (Å²) in [6, 6.07) is 14.0. The fourth-order valence-electron chi connectivity index (χ4n) is 3.41. The van der Waals surface area contributed by atoms with Crippen LogP contribution in [0.1, 0.15) is 22.3 Å². The van der Waals surface area contributed by atoms with Crippen LogP contribution in [0.4, 0.5) is 0 Å². The van der Waals surface area contributed by atoms with Crippen molar-refractivity contribution < 1.29 is 13.2 Å². The molecule has 2 aromatic carbocycles. The number of nitrogens with zero attached hydrogens (tertiary/aromatic N) is 2. The maximum absolute atomic E-state index is 13.0. The summed E-state index contributed by atoms with van der Waals surface area (Å²) >= 11 is 5.95. The van der Waals surface area contributed by atoms with Gasteiger partial charge in [-0.1, -0.05) is 35.9 Å². The summed E-state index contributed by atoms with van der Waals surface area (Å²) in [5.41, 5.74) is 1.56. The van der Waals surface area contributed by atoms with Crippen LogP contribution in [0.2, 0.25) is 5.02 Å². The summed E-state index contributed by atoms with van der Waals surface area (Å²) in [7, 11) is -3.67. The normalized spacial score (nSPS) is 15.6. The minimum absolute atomic E-state index is 0.0781. The third-order valence-corrected chi connectivity index (χ3v) is 6.68. The second kappa shape index (κ2) is 10.2. The zero-order valence-corrected chi connectivity index (χ0v) is 18.3. The van der Waals surface area contributed by atoms with Crippen LogP contribution in [0, 0.1) is 0 Å². The first-order chi connectivity index (χ1) is 14.4. The smallest absolute Gasteiger partial charge is 0.253 e. The molecule has 0 bridgehead atoms. The summed E-state index contributed by atoms with van der Waals surface area (Å²) in [5.74, 6) is -0.149. The molecule has 0 radical (unpaired) electrons. The summed E-state index contributed by atoms with van der Waals surface area (Å²) in [5, 5.41) is 0.718. The molecule has 1 N–H and O–H groups in total. The van der Waals surface area contributed by atoms with E-state index in [1.807, 2.05) is 24.3 Å². The molecule has 3 rings (SSSR count). The van der Waals surface area contributed by atoms with E-state index < -0.39 is 10.0 Å². The van der Waals surface area contributed by atoms with Gasteiger partial charge in [0.25, 0.3) is 5.91 Å². The van der Waals surface area contributed by atoms with Crippen LogP contribution in [0.15, 0.2) is 66.1 Å². The van der Waals surface area contributed by atoms with Gasteiger partial charge in [0, 0.05) is 49.9 Å². The number of sulfonamides is 1.